The van der Waals surface area contributed by atoms with Gasteiger partial charge < -0.3 is 15.4 Å². The number of ether oxygens (including phenoxy) is 1. The average Bonchev–Trinajstić information content (AvgIpc) is 3.46. The Bertz CT molecular complexity index is 1290. The van der Waals surface area contributed by atoms with E-state index >= 15 is 0 Å². The quantitative estimate of drug-likeness (QED) is 0.374. The van der Waals surface area contributed by atoms with Crippen LogP contribution in [0.1, 0.15) is 28.0 Å². The normalized spacial score (nSPS) is 16.8. The van der Waals surface area contributed by atoms with E-state index in [4.69, 9.17) is 15.7 Å². The zero-order valence-corrected chi connectivity index (χ0v) is 16.8. The van der Waals surface area contributed by atoms with Crippen LogP contribution in [0, 0.1) is 23.2 Å². The van der Waals surface area contributed by atoms with Gasteiger partial charge in [-0.25, -0.2) is 4.68 Å². The third kappa shape index (κ3) is 4.11. The minimum atomic E-state index is -0.664. The molecule has 154 valence electrons. The van der Waals surface area contributed by atoms with Crippen LogP contribution in [-0.4, -0.2) is 52.8 Å². The van der Waals surface area contributed by atoms with Crippen LogP contribution >= 0.6 is 0 Å². The summed E-state index contributed by atoms with van der Waals surface area (Å²) in [5.41, 5.74) is 7.64. The van der Waals surface area contributed by atoms with Crippen molar-refractivity contribution >= 4 is 23.2 Å². The number of rotatable bonds is 6. The maximum atomic E-state index is 11.9. The van der Waals surface area contributed by atoms with Crippen molar-refractivity contribution in [2.45, 2.75) is 12.0 Å². The molecule has 0 bridgehead atoms. The van der Waals surface area contributed by atoms with E-state index < -0.39 is 11.5 Å². The summed E-state index contributed by atoms with van der Waals surface area (Å²) < 4.78 is 7.14. The first-order valence-electron chi connectivity index (χ1n) is 9.60. The van der Waals surface area contributed by atoms with Gasteiger partial charge in [0.05, 0.1) is 29.4 Å². The van der Waals surface area contributed by atoms with Crippen LogP contribution in [0.2, 0.25) is 0 Å². The summed E-state index contributed by atoms with van der Waals surface area (Å²) >= 11 is 0. The van der Waals surface area contributed by atoms with Crippen LogP contribution in [0.3, 0.4) is 0 Å². The molecule has 3 aromatic rings. The number of nitriles is 1. The van der Waals surface area contributed by atoms with Crippen molar-refractivity contribution in [3.8, 4) is 23.6 Å². The fraction of sp³-hybridized carbons (Fsp3) is 0.217. The SMILES string of the molecule is CN(C=O)CC[C@@]1(C#Cc2cccc(-n3nc(C(N)=O)c4cc(C#N)ccc43)c2)CO1. The molecule has 2 aromatic carbocycles. The lowest BCUT2D eigenvalue weighted by Crippen LogP contribution is -2.22. The summed E-state index contributed by atoms with van der Waals surface area (Å²) in [5.74, 6) is 5.64. The molecule has 31 heavy (non-hydrogen) atoms. The highest BCUT2D eigenvalue weighted by atomic mass is 16.6. The molecule has 1 aliphatic rings. The van der Waals surface area contributed by atoms with Crippen LogP contribution < -0.4 is 5.73 Å². The highest BCUT2D eigenvalue weighted by Gasteiger charge is 2.42. The topological polar surface area (TPSA) is 118 Å². The van der Waals surface area contributed by atoms with Crippen LogP contribution in [0.4, 0.5) is 0 Å². The number of benzene rings is 2. The maximum absolute atomic E-state index is 11.9. The van der Waals surface area contributed by atoms with E-state index in [9.17, 15) is 9.59 Å². The van der Waals surface area contributed by atoms with Gasteiger partial charge in [0.1, 0.15) is 0 Å². The summed E-state index contributed by atoms with van der Waals surface area (Å²) in [5, 5.41) is 14.1. The average molecular weight is 413 g/mol. The summed E-state index contributed by atoms with van der Waals surface area (Å²) in [6, 6.07) is 14.5. The zero-order valence-electron chi connectivity index (χ0n) is 16.8. The predicted molar refractivity (Wildman–Crippen MR) is 113 cm³/mol. The number of carbonyl (C=O) groups is 2. The van der Waals surface area contributed by atoms with Crippen LogP contribution in [0.25, 0.3) is 16.6 Å². The molecule has 0 unspecified atom stereocenters. The first kappa shape index (κ1) is 20.1. The number of nitrogens with two attached hydrogens (primary N) is 1. The smallest absolute Gasteiger partial charge is 0.269 e. The Hall–Kier alpha value is -4.14. The largest absolute Gasteiger partial charge is 0.364 e. The monoisotopic (exact) mass is 413 g/mol. The standard InChI is InChI=1S/C23H19N5O3/c1-27(15-29)10-9-23(14-31-23)8-7-16-3-2-4-18(11-16)28-20-6-5-17(13-24)12-19(20)21(26-28)22(25)30/h2-6,11-12,15H,9-10,14H2,1H3,(H2,25,30)/t23-/m0/s1. The fourth-order valence-electron chi connectivity index (χ4n) is 3.24. The number of nitrogens with zero attached hydrogens (tertiary/aromatic N) is 4. The zero-order chi connectivity index (χ0) is 22.0. The van der Waals surface area contributed by atoms with Crippen molar-refractivity contribution in [2.75, 3.05) is 20.2 Å². The van der Waals surface area contributed by atoms with Crippen molar-refractivity contribution in [3.63, 3.8) is 0 Å². The molecule has 8 heteroatoms. The molecule has 0 spiro atoms. The Morgan fingerprint density at radius 2 is 2.16 bits per heavy atom. The van der Waals surface area contributed by atoms with E-state index in [0.29, 0.717) is 41.7 Å². The van der Waals surface area contributed by atoms with E-state index in [2.05, 4.69) is 23.0 Å². The fourth-order valence-corrected chi connectivity index (χ4v) is 3.24. The molecule has 1 aromatic heterocycles. The minimum Gasteiger partial charge on any atom is -0.364 e. The lowest BCUT2D eigenvalue weighted by atomic mass is 10.1. The third-order valence-corrected chi connectivity index (χ3v) is 5.11. The molecular formula is C23H19N5O3. The van der Waals surface area contributed by atoms with E-state index in [1.54, 1.807) is 34.8 Å². The molecule has 4 rings (SSSR count). The van der Waals surface area contributed by atoms with Gasteiger partial charge in [-0.1, -0.05) is 17.9 Å². The number of epoxide rings is 1. The predicted octanol–water partition coefficient (Wildman–Crippen LogP) is 1.59. The number of amides is 2. The lowest BCUT2D eigenvalue weighted by Gasteiger charge is -2.11. The first-order valence-corrected chi connectivity index (χ1v) is 9.60. The Kier molecular flexibility index (Phi) is 5.16. The second kappa shape index (κ2) is 7.94. The second-order valence-electron chi connectivity index (χ2n) is 7.39. The first-order chi connectivity index (χ1) is 14.9. The lowest BCUT2D eigenvalue weighted by molar-refractivity contribution is -0.117. The molecule has 2 amide bonds. The maximum Gasteiger partial charge on any atom is 0.269 e. The van der Waals surface area contributed by atoms with Crippen LogP contribution in [0.15, 0.2) is 42.5 Å². The molecule has 0 radical (unpaired) electrons. The number of primary amides is 1. The van der Waals surface area contributed by atoms with Crippen molar-refractivity contribution in [1.82, 2.24) is 14.7 Å². The Labute approximate surface area is 178 Å². The van der Waals surface area contributed by atoms with Gasteiger partial charge in [-0.05, 0) is 36.4 Å². The summed E-state index contributed by atoms with van der Waals surface area (Å²) in [6.07, 6.45) is 1.42. The summed E-state index contributed by atoms with van der Waals surface area (Å²) in [6.45, 7) is 1.11. The summed E-state index contributed by atoms with van der Waals surface area (Å²) in [7, 11) is 1.72. The minimum absolute atomic E-state index is 0.105. The van der Waals surface area contributed by atoms with Crippen LogP contribution in [-0.2, 0) is 9.53 Å². The van der Waals surface area contributed by atoms with Crippen molar-refractivity contribution < 1.29 is 14.3 Å². The molecule has 0 aliphatic carbocycles. The number of hydrogen-bond acceptors (Lipinski definition) is 5. The molecule has 1 fully saturated rings. The van der Waals surface area contributed by atoms with Crippen molar-refractivity contribution in [1.29, 1.82) is 5.26 Å². The molecule has 1 atom stereocenters. The highest BCUT2D eigenvalue weighted by molar-refractivity contribution is 6.04. The number of fused-ring (bicyclic) bond motifs is 1. The molecule has 1 aliphatic heterocycles. The van der Waals surface area contributed by atoms with Gasteiger partial charge in [-0.3, -0.25) is 9.59 Å². The number of carbonyl (C=O) groups excluding carboxylic acids is 2. The summed E-state index contributed by atoms with van der Waals surface area (Å²) in [4.78, 5) is 24.2. The Balaban J connectivity index is 1.67. The molecule has 2 heterocycles. The van der Waals surface area contributed by atoms with E-state index in [1.165, 1.54) is 0 Å². The number of aromatic nitrogens is 2. The Morgan fingerprint density at radius 3 is 2.84 bits per heavy atom. The van der Waals surface area contributed by atoms with Gasteiger partial charge in [-0.2, -0.15) is 10.4 Å². The van der Waals surface area contributed by atoms with E-state index in [1.807, 2.05) is 24.3 Å². The van der Waals surface area contributed by atoms with E-state index in [-0.39, 0.29) is 5.69 Å². The van der Waals surface area contributed by atoms with Crippen molar-refractivity contribution in [2.24, 2.45) is 5.73 Å². The number of hydrogen-bond donors (Lipinski definition) is 1. The van der Waals surface area contributed by atoms with Gasteiger partial charge in [0.2, 0.25) is 6.41 Å². The molecule has 8 nitrogen and oxygen atoms in total. The van der Waals surface area contributed by atoms with E-state index in [0.717, 1.165) is 12.0 Å². The highest BCUT2D eigenvalue weighted by Crippen LogP contribution is 2.30. The molecular weight excluding hydrogens is 394 g/mol. The van der Waals surface area contributed by atoms with Crippen molar-refractivity contribution in [3.05, 3.63) is 59.3 Å². The van der Waals surface area contributed by atoms with Gasteiger partial charge in [0.15, 0.2) is 11.3 Å². The van der Waals surface area contributed by atoms with Gasteiger partial charge in [0, 0.05) is 31.0 Å². The van der Waals surface area contributed by atoms with Gasteiger partial charge >= 0.3 is 0 Å². The molecule has 1 saturated heterocycles. The Morgan fingerprint density at radius 1 is 1.35 bits per heavy atom. The molecule has 2 N–H and O–H groups in total. The van der Waals surface area contributed by atoms with Crippen LogP contribution in [0.5, 0.6) is 0 Å². The second-order valence-corrected chi connectivity index (χ2v) is 7.39. The molecule has 0 saturated carbocycles. The third-order valence-electron chi connectivity index (χ3n) is 5.11. The van der Waals surface area contributed by atoms with Gasteiger partial charge in [-0.15, -0.1) is 0 Å². The van der Waals surface area contributed by atoms with Gasteiger partial charge in [0.25, 0.3) is 5.91 Å².